The minimum absolute atomic E-state index is 0.591. The maximum absolute atomic E-state index is 5.78. The van der Waals surface area contributed by atoms with Gasteiger partial charge in [-0.2, -0.15) is 12.6 Å². The van der Waals surface area contributed by atoms with Gasteiger partial charge < -0.3 is 4.74 Å². The van der Waals surface area contributed by atoms with E-state index in [1.165, 1.54) is 0 Å². The molecule has 1 rings (SSSR count). The maximum Gasteiger partial charge on any atom is 0.122 e. The van der Waals surface area contributed by atoms with Crippen molar-refractivity contribution >= 4 is 35.8 Å². The van der Waals surface area contributed by atoms with Crippen LogP contribution in [0.3, 0.4) is 0 Å². The molecule has 1 nitrogen and oxygen atoms in total. The number of hydrogen-bond donors (Lipinski definition) is 1. The Kier molecular flexibility index (Phi) is 4.78. The van der Waals surface area contributed by atoms with Gasteiger partial charge in [-0.15, -0.1) is 0 Å². The Labute approximate surface area is 93.4 Å². The Morgan fingerprint density at radius 3 is 2.31 bits per heavy atom. The zero-order valence-corrected chi connectivity index (χ0v) is 9.37. The van der Waals surface area contributed by atoms with E-state index in [-0.39, 0.29) is 0 Å². The summed E-state index contributed by atoms with van der Waals surface area (Å²) in [5.41, 5.74) is 0. The van der Waals surface area contributed by atoms with Crippen LogP contribution in [0.15, 0.2) is 18.2 Å². The first-order valence-electron chi connectivity index (χ1n) is 3.92. The molecular formula is C9H10Cl2OS. The molecule has 0 aliphatic carbocycles. The van der Waals surface area contributed by atoms with Gasteiger partial charge in [-0.05, 0) is 30.4 Å². The topological polar surface area (TPSA) is 9.23 Å². The third kappa shape index (κ3) is 4.12. The summed E-state index contributed by atoms with van der Waals surface area (Å²) in [5.74, 6) is 1.52. The monoisotopic (exact) mass is 236 g/mol. The third-order valence-electron chi connectivity index (χ3n) is 1.41. The van der Waals surface area contributed by atoms with Crippen molar-refractivity contribution in [2.75, 3.05) is 12.4 Å². The van der Waals surface area contributed by atoms with Crippen molar-refractivity contribution in [3.63, 3.8) is 0 Å². The summed E-state index contributed by atoms with van der Waals surface area (Å²) in [5, 5.41) is 1.18. The maximum atomic E-state index is 5.78. The Morgan fingerprint density at radius 1 is 1.15 bits per heavy atom. The molecule has 0 saturated carbocycles. The Morgan fingerprint density at radius 2 is 1.77 bits per heavy atom. The SMILES string of the molecule is SCCCOc1cc(Cl)cc(Cl)c1. The van der Waals surface area contributed by atoms with Gasteiger partial charge in [0.1, 0.15) is 5.75 Å². The molecule has 0 radical (unpaired) electrons. The number of ether oxygens (including phenoxy) is 1. The summed E-state index contributed by atoms with van der Waals surface area (Å²) >= 11 is 15.6. The van der Waals surface area contributed by atoms with Crippen molar-refractivity contribution in [2.24, 2.45) is 0 Å². The van der Waals surface area contributed by atoms with Crippen LogP contribution in [0.1, 0.15) is 6.42 Å². The number of hydrogen-bond acceptors (Lipinski definition) is 2. The summed E-state index contributed by atoms with van der Waals surface area (Å²) in [6.07, 6.45) is 0.910. The fourth-order valence-electron chi connectivity index (χ4n) is 0.866. The van der Waals surface area contributed by atoms with Crippen molar-refractivity contribution in [2.45, 2.75) is 6.42 Å². The molecular weight excluding hydrogens is 227 g/mol. The molecule has 1 aromatic carbocycles. The van der Waals surface area contributed by atoms with Crippen LogP contribution in [0.2, 0.25) is 10.0 Å². The first-order chi connectivity index (χ1) is 6.22. The van der Waals surface area contributed by atoms with Gasteiger partial charge in [0.15, 0.2) is 0 Å². The predicted molar refractivity (Wildman–Crippen MR) is 60.4 cm³/mol. The van der Waals surface area contributed by atoms with E-state index in [1.807, 2.05) is 0 Å². The fraction of sp³-hybridized carbons (Fsp3) is 0.333. The van der Waals surface area contributed by atoms with Gasteiger partial charge in [-0.25, -0.2) is 0 Å². The van der Waals surface area contributed by atoms with E-state index < -0.39 is 0 Å². The lowest BCUT2D eigenvalue weighted by Gasteiger charge is -2.05. The summed E-state index contributed by atoms with van der Waals surface area (Å²) in [6.45, 7) is 0.639. The molecule has 0 atom stereocenters. The van der Waals surface area contributed by atoms with E-state index >= 15 is 0 Å². The number of rotatable bonds is 4. The Balaban J connectivity index is 2.56. The van der Waals surface area contributed by atoms with Crippen LogP contribution in [-0.2, 0) is 0 Å². The second-order valence-corrected chi connectivity index (χ2v) is 3.85. The predicted octanol–water partition coefficient (Wildman–Crippen LogP) is 3.69. The quantitative estimate of drug-likeness (QED) is 0.620. The molecule has 0 aliphatic rings. The highest BCUT2D eigenvalue weighted by Gasteiger charge is 1.98. The summed E-state index contributed by atoms with van der Waals surface area (Å²) in [7, 11) is 0. The lowest BCUT2D eigenvalue weighted by Crippen LogP contribution is -1.97. The average molecular weight is 237 g/mol. The van der Waals surface area contributed by atoms with Crippen LogP contribution in [0.5, 0.6) is 5.75 Å². The van der Waals surface area contributed by atoms with Crippen LogP contribution >= 0.6 is 35.8 Å². The largest absolute Gasteiger partial charge is 0.493 e. The van der Waals surface area contributed by atoms with E-state index in [1.54, 1.807) is 18.2 Å². The average Bonchev–Trinajstić information content (AvgIpc) is 2.03. The minimum atomic E-state index is 0.591. The number of benzene rings is 1. The molecule has 0 amide bonds. The van der Waals surface area contributed by atoms with Crippen LogP contribution in [0, 0.1) is 0 Å². The van der Waals surface area contributed by atoms with E-state index in [4.69, 9.17) is 27.9 Å². The summed E-state index contributed by atoms with van der Waals surface area (Å²) < 4.78 is 5.39. The highest BCUT2D eigenvalue weighted by atomic mass is 35.5. The zero-order chi connectivity index (χ0) is 9.68. The molecule has 0 heterocycles. The lowest BCUT2D eigenvalue weighted by atomic mass is 10.3. The highest BCUT2D eigenvalue weighted by molar-refractivity contribution is 7.80. The summed E-state index contributed by atoms with van der Waals surface area (Å²) in [4.78, 5) is 0. The van der Waals surface area contributed by atoms with Crippen LogP contribution < -0.4 is 4.74 Å². The highest BCUT2D eigenvalue weighted by Crippen LogP contribution is 2.24. The van der Waals surface area contributed by atoms with E-state index in [9.17, 15) is 0 Å². The molecule has 1 aromatic rings. The second kappa shape index (κ2) is 5.63. The number of halogens is 2. The van der Waals surface area contributed by atoms with E-state index in [2.05, 4.69) is 12.6 Å². The van der Waals surface area contributed by atoms with Crippen molar-refractivity contribution in [1.29, 1.82) is 0 Å². The Bertz CT molecular complexity index is 258. The van der Waals surface area contributed by atoms with E-state index in [0.29, 0.717) is 22.4 Å². The van der Waals surface area contributed by atoms with Crippen molar-refractivity contribution in [1.82, 2.24) is 0 Å². The van der Waals surface area contributed by atoms with Gasteiger partial charge in [-0.3, -0.25) is 0 Å². The van der Waals surface area contributed by atoms with Gasteiger partial charge >= 0.3 is 0 Å². The van der Waals surface area contributed by atoms with Crippen molar-refractivity contribution < 1.29 is 4.74 Å². The van der Waals surface area contributed by atoms with Crippen LogP contribution in [0.4, 0.5) is 0 Å². The van der Waals surface area contributed by atoms with Gasteiger partial charge in [0.25, 0.3) is 0 Å². The fourth-order valence-corrected chi connectivity index (χ4v) is 1.50. The molecule has 0 N–H and O–H groups in total. The molecule has 0 fully saturated rings. The minimum Gasteiger partial charge on any atom is -0.493 e. The first kappa shape index (κ1) is 11.0. The lowest BCUT2D eigenvalue weighted by molar-refractivity contribution is 0.319. The number of thiol groups is 1. The van der Waals surface area contributed by atoms with Crippen LogP contribution in [-0.4, -0.2) is 12.4 Å². The molecule has 0 bridgehead atoms. The van der Waals surface area contributed by atoms with Gasteiger partial charge in [0, 0.05) is 10.0 Å². The van der Waals surface area contributed by atoms with Gasteiger partial charge in [0.05, 0.1) is 6.61 Å². The molecule has 0 saturated heterocycles. The zero-order valence-electron chi connectivity index (χ0n) is 6.96. The van der Waals surface area contributed by atoms with Crippen LogP contribution in [0.25, 0.3) is 0 Å². The standard InChI is InChI=1S/C9H10Cl2OS/c10-7-4-8(11)6-9(5-7)12-2-1-3-13/h4-6,13H,1-3H2. The molecule has 72 valence electrons. The molecule has 4 heteroatoms. The normalized spacial score (nSPS) is 10.1. The Hall–Kier alpha value is -0.0500. The van der Waals surface area contributed by atoms with Crippen molar-refractivity contribution in [3.05, 3.63) is 28.2 Å². The van der Waals surface area contributed by atoms with Crippen molar-refractivity contribution in [3.8, 4) is 5.75 Å². The first-order valence-corrected chi connectivity index (χ1v) is 5.31. The molecule has 0 unspecified atom stereocenters. The smallest absolute Gasteiger partial charge is 0.122 e. The van der Waals surface area contributed by atoms with E-state index in [0.717, 1.165) is 12.2 Å². The molecule has 0 aliphatic heterocycles. The molecule has 13 heavy (non-hydrogen) atoms. The molecule has 0 aromatic heterocycles. The second-order valence-electron chi connectivity index (χ2n) is 2.53. The van der Waals surface area contributed by atoms with Gasteiger partial charge in [0.2, 0.25) is 0 Å². The summed E-state index contributed by atoms with van der Waals surface area (Å²) in [6, 6.07) is 5.16. The van der Waals surface area contributed by atoms with Gasteiger partial charge in [-0.1, -0.05) is 23.2 Å². The third-order valence-corrected chi connectivity index (χ3v) is 2.16. The molecule has 0 spiro atoms.